The monoisotopic (exact) mass is 319 g/mol. The van der Waals surface area contributed by atoms with Gasteiger partial charge in [0.2, 0.25) is 5.91 Å². The van der Waals surface area contributed by atoms with Crippen molar-refractivity contribution in [1.29, 1.82) is 0 Å². The summed E-state index contributed by atoms with van der Waals surface area (Å²) in [4.78, 5) is 13.9. The van der Waals surface area contributed by atoms with Crippen LogP contribution >= 0.6 is 23.2 Å². The Bertz CT molecular complexity index is 476. The number of carbonyl (C=O) groups is 1. The molecule has 4 nitrogen and oxygen atoms in total. The van der Waals surface area contributed by atoms with E-state index in [9.17, 15) is 4.79 Å². The van der Waals surface area contributed by atoms with Gasteiger partial charge in [0.1, 0.15) is 5.38 Å². The van der Waals surface area contributed by atoms with E-state index in [0.29, 0.717) is 35.2 Å². The number of likely N-dealkylation sites (N-methyl/N-ethyl adjacent to an activating group) is 1. The first-order chi connectivity index (χ1) is 9.51. The standard InChI is InChI=1S/C14H19Cl2NO3/c1-5-17(6-2)14(18)12(16)9-7-8-10(19-3)13(20-4)11(9)15/h7-8,12H,5-6H2,1-4H3. The number of amides is 1. The molecule has 1 unspecified atom stereocenters. The molecule has 20 heavy (non-hydrogen) atoms. The fourth-order valence-electron chi connectivity index (χ4n) is 1.93. The Labute approximate surface area is 129 Å². The van der Waals surface area contributed by atoms with Crippen molar-refractivity contribution in [3.05, 3.63) is 22.7 Å². The number of hydrogen-bond acceptors (Lipinski definition) is 3. The van der Waals surface area contributed by atoms with E-state index in [2.05, 4.69) is 0 Å². The highest BCUT2D eigenvalue weighted by atomic mass is 35.5. The smallest absolute Gasteiger partial charge is 0.245 e. The van der Waals surface area contributed by atoms with Crippen LogP contribution < -0.4 is 9.47 Å². The van der Waals surface area contributed by atoms with Gasteiger partial charge in [0.05, 0.1) is 19.2 Å². The van der Waals surface area contributed by atoms with Gasteiger partial charge in [-0.05, 0) is 19.9 Å². The van der Waals surface area contributed by atoms with E-state index >= 15 is 0 Å². The van der Waals surface area contributed by atoms with E-state index in [1.807, 2.05) is 13.8 Å². The van der Waals surface area contributed by atoms with E-state index in [-0.39, 0.29) is 5.91 Å². The quantitative estimate of drug-likeness (QED) is 0.753. The van der Waals surface area contributed by atoms with Crippen molar-refractivity contribution in [2.75, 3.05) is 27.3 Å². The van der Waals surface area contributed by atoms with Crippen molar-refractivity contribution < 1.29 is 14.3 Å². The van der Waals surface area contributed by atoms with E-state index in [4.69, 9.17) is 32.7 Å². The second-order valence-electron chi connectivity index (χ2n) is 4.08. The summed E-state index contributed by atoms with van der Waals surface area (Å²) in [5.41, 5.74) is 0.517. The van der Waals surface area contributed by atoms with Crippen LogP contribution in [-0.2, 0) is 4.79 Å². The maximum absolute atomic E-state index is 12.3. The number of nitrogens with zero attached hydrogens (tertiary/aromatic N) is 1. The van der Waals surface area contributed by atoms with Gasteiger partial charge < -0.3 is 14.4 Å². The third-order valence-corrected chi connectivity index (χ3v) is 3.89. The Morgan fingerprint density at radius 3 is 2.30 bits per heavy atom. The molecule has 0 radical (unpaired) electrons. The molecule has 0 aliphatic rings. The highest BCUT2D eigenvalue weighted by molar-refractivity contribution is 6.37. The molecule has 1 atom stereocenters. The van der Waals surface area contributed by atoms with Gasteiger partial charge >= 0.3 is 0 Å². The molecule has 0 bridgehead atoms. The molecule has 0 heterocycles. The van der Waals surface area contributed by atoms with Gasteiger partial charge in [-0.25, -0.2) is 0 Å². The molecule has 0 spiro atoms. The highest BCUT2D eigenvalue weighted by Crippen LogP contribution is 2.41. The number of hydrogen-bond donors (Lipinski definition) is 0. The topological polar surface area (TPSA) is 38.8 Å². The average Bonchev–Trinajstić information content (AvgIpc) is 2.47. The lowest BCUT2D eigenvalue weighted by Gasteiger charge is -2.23. The molecule has 1 amide bonds. The summed E-state index contributed by atoms with van der Waals surface area (Å²) in [6.45, 7) is 5.01. The lowest BCUT2D eigenvalue weighted by Crippen LogP contribution is -2.33. The first-order valence-electron chi connectivity index (χ1n) is 6.34. The summed E-state index contributed by atoms with van der Waals surface area (Å²) in [7, 11) is 3.01. The van der Waals surface area contributed by atoms with Crippen molar-refractivity contribution in [3.8, 4) is 11.5 Å². The minimum Gasteiger partial charge on any atom is -0.493 e. The third kappa shape index (κ3) is 3.30. The van der Waals surface area contributed by atoms with Gasteiger partial charge in [0.25, 0.3) is 0 Å². The van der Waals surface area contributed by atoms with Crippen LogP contribution in [0.25, 0.3) is 0 Å². The van der Waals surface area contributed by atoms with Gasteiger partial charge in [0, 0.05) is 18.7 Å². The van der Waals surface area contributed by atoms with E-state index in [1.54, 1.807) is 17.0 Å². The molecule has 0 N–H and O–H groups in total. The van der Waals surface area contributed by atoms with Gasteiger partial charge in [-0.3, -0.25) is 4.79 Å². The van der Waals surface area contributed by atoms with E-state index in [0.717, 1.165) is 0 Å². The number of benzene rings is 1. The number of carbonyl (C=O) groups excluding carboxylic acids is 1. The van der Waals surface area contributed by atoms with Gasteiger partial charge in [0.15, 0.2) is 11.5 Å². The molecule has 1 rings (SSSR count). The Kier molecular flexibility index (Phi) is 6.43. The van der Waals surface area contributed by atoms with Crippen LogP contribution in [-0.4, -0.2) is 38.1 Å². The predicted molar refractivity (Wildman–Crippen MR) is 81.1 cm³/mol. The van der Waals surface area contributed by atoms with Crippen LogP contribution in [0.1, 0.15) is 24.8 Å². The minimum absolute atomic E-state index is 0.175. The molecule has 0 aromatic heterocycles. The second kappa shape index (κ2) is 7.60. The lowest BCUT2D eigenvalue weighted by atomic mass is 10.1. The second-order valence-corrected chi connectivity index (χ2v) is 4.89. The predicted octanol–water partition coefficient (Wildman–Crippen LogP) is 3.51. The van der Waals surface area contributed by atoms with Crippen LogP contribution in [0.2, 0.25) is 5.02 Å². The highest BCUT2D eigenvalue weighted by Gasteiger charge is 2.26. The zero-order chi connectivity index (χ0) is 15.3. The minimum atomic E-state index is -0.845. The summed E-state index contributed by atoms with van der Waals surface area (Å²) in [6, 6.07) is 3.37. The fraction of sp³-hybridized carbons (Fsp3) is 0.500. The van der Waals surface area contributed by atoms with Crippen molar-refractivity contribution in [3.63, 3.8) is 0 Å². The molecule has 0 saturated carbocycles. The van der Waals surface area contributed by atoms with Crippen molar-refractivity contribution >= 4 is 29.1 Å². The fourth-order valence-corrected chi connectivity index (χ4v) is 2.65. The number of halogens is 2. The first kappa shape index (κ1) is 16.9. The number of alkyl halides is 1. The molecule has 6 heteroatoms. The SMILES string of the molecule is CCN(CC)C(=O)C(Cl)c1ccc(OC)c(OC)c1Cl. The zero-order valence-corrected chi connectivity index (χ0v) is 13.6. The molecule has 0 fully saturated rings. The molecule has 0 aliphatic heterocycles. The third-order valence-electron chi connectivity index (χ3n) is 3.08. The largest absolute Gasteiger partial charge is 0.493 e. The Balaban J connectivity index is 3.17. The lowest BCUT2D eigenvalue weighted by molar-refractivity contribution is -0.130. The Morgan fingerprint density at radius 2 is 1.85 bits per heavy atom. The molecular formula is C14H19Cl2NO3. The number of methoxy groups -OCH3 is 2. The number of rotatable bonds is 6. The average molecular weight is 320 g/mol. The van der Waals surface area contributed by atoms with E-state index < -0.39 is 5.38 Å². The van der Waals surface area contributed by atoms with Gasteiger partial charge in [-0.15, -0.1) is 11.6 Å². The summed E-state index contributed by atoms with van der Waals surface area (Å²) in [6.07, 6.45) is 0. The van der Waals surface area contributed by atoms with Crippen LogP contribution in [0, 0.1) is 0 Å². The summed E-state index contributed by atoms with van der Waals surface area (Å²) in [5, 5.41) is -0.547. The maximum Gasteiger partial charge on any atom is 0.245 e. The Hall–Kier alpha value is -1.13. The Morgan fingerprint density at radius 1 is 1.25 bits per heavy atom. The molecule has 1 aromatic rings. The van der Waals surface area contributed by atoms with Crippen LogP contribution in [0.15, 0.2) is 12.1 Å². The van der Waals surface area contributed by atoms with Crippen molar-refractivity contribution in [2.45, 2.75) is 19.2 Å². The van der Waals surface area contributed by atoms with Crippen molar-refractivity contribution in [1.82, 2.24) is 4.90 Å². The van der Waals surface area contributed by atoms with Gasteiger partial charge in [-0.1, -0.05) is 17.7 Å². The van der Waals surface area contributed by atoms with Gasteiger partial charge in [-0.2, -0.15) is 0 Å². The summed E-state index contributed by atoms with van der Waals surface area (Å²) in [5.74, 6) is 0.704. The molecule has 112 valence electrons. The zero-order valence-electron chi connectivity index (χ0n) is 12.1. The normalized spacial score (nSPS) is 11.9. The van der Waals surface area contributed by atoms with Crippen molar-refractivity contribution in [2.24, 2.45) is 0 Å². The van der Waals surface area contributed by atoms with Crippen LogP contribution in [0.4, 0.5) is 0 Å². The molecule has 0 aliphatic carbocycles. The molecule has 1 aromatic carbocycles. The first-order valence-corrected chi connectivity index (χ1v) is 7.16. The maximum atomic E-state index is 12.3. The molecular weight excluding hydrogens is 301 g/mol. The van der Waals surface area contributed by atoms with Crippen LogP contribution in [0.5, 0.6) is 11.5 Å². The molecule has 0 saturated heterocycles. The summed E-state index contributed by atoms with van der Waals surface area (Å²) < 4.78 is 10.4. The van der Waals surface area contributed by atoms with Crippen LogP contribution in [0.3, 0.4) is 0 Å². The van der Waals surface area contributed by atoms with E-state index in [1.165, 1.54) is 14.2 Å². The summed E-state index contributed by atoms with van der Waals surface area (Å²) >= 11 is 12.5. The number of ether oxygens (including phenoxy) is 2.